The van der Waals surface area contributed by atoms with E-state index in [0.717, 1.165) is 12.1 Å². The molecule has 3 N–H and O–H groups in total. The first-order chi connectivity index (χ1) is 10.5. The van der Waals surface area contributed by atoms with E-state index in [4.69, 9.17) is 4.74 Å². The van der Waals surface area contributed by atoms with Gasteiger partial charge >= 0.3 is 0 Å². The highest BCUT2D eigenvalue weighted by molar-refractivity contribution is 14.0. The smallest absolute Gasteiger partial charge is 0.243 e. The molecule has 0 spiro atoms. The maximum Gasteiger partial charge on any atom is 0.243 e. The van der Waals surface area contributed by atoms with E-state index < -0.39 is 29.0 Å². The summed E-state index contributed by atoms with van der Waals surface area (Å²) >= 11 is 0. The summed E-state index contributed by atoms with van der Waals surface area (Å²) in [4.78, 5) is 15.5. The maximum atomic E-state index is 13.4. The molecule has 1 amide bonds. The van der Waals surface area contributed by atoms with Crippen LogP contribution >= 0.6 is 24.0 Å². The Morgan fingerprint density at radius 1 is 1.22 bits per heavy atom. The van der Waals surface area contributed by atoms with Gasteiger partial charge in [0.1, 0.15) is 0 Å². The van der Waals surface area contributed by atoms with E-state index in [1.165, 1.54) is 7.05 Å². The number of hydrogen-bond donors (Lipinski definition) is 3. The number of guanidine groups is 1. The van der Waals surface area contributed by atoms with Crippen LogP contribution in [0, 0.1) is 17.5 Å². The van der Waals surface area contributed by atoms with Crippen LogP contribution in [0.2, 0.25) is 0 Å². The molecule has 6 nitrogen and oxygen atoms in total. The van der Waals surface area contributed by atoms with Crippen molar-refractivity contribution in [2.75, 3.05) is 39.2 Å². The van der Waals surface area contributed by atoms with E-state index in [9.17, 15) is 18.0 Å². The second-order valence-corrected chi connectivity index (χ2v) is 4.12. The molecule has 0 saturated heterocycles. The topological polar surface area (TPSA) is 74.8 Å². The summed E-state index contributed by atoms with van der Waals surface area (Å²) in [5, 5.41) is 7.68. The molecule has 0 atom stereocenters. The summed E-state index contributed by atoms with van der Waals surface area (Å²) in [6.07, 6.45) is 0. The van der Waals surface area contributed by atoms with Crippen molar-refractivity contribution >= 4 is 41.5 Å². The number of rotatable bonds is 6. The van der Waals surface area contributed by atoms with Crippen LogP contribution in [0.15, 0.2) is 17.1 Å². The third kappa shape index (κ3) is 7.03. The van der Waals surface area contributed by atoms with Crippen molar-refractivity contribution in [2.24, 2.45) is 4.99 Å². The van der Waals surface area contributed by atoms with Crippen molar-refractivity contribution in [3.8, 4) is 0 Å². The van der Waals surface area contributed by atoms with Crippen LogP contribution in [0.25, 0.3) is 0 Å². The molecule has 0 radical (unpaired) electrons. The van der Waals surface area contributed by atoms with Crippen LogP contribution in [0.5, 0.6) is 0 Å². The number of nitrogens with zero attached hydrogens (tertiary/aromatic N) is 1. The van der Waals surface area contributed by atoms with E-state index in [1.807, 2.05) is 0 Å². The fourth-order valence-electron chi connectivity index (χ4n) is 1.47. The summed E-state index contributed by atoms with van der Waals surface area (Å²) in [5.74, 6) is -4.70. The van der Waals surface area contributed by atoms with Crippen molar-refractivity contribution in [1.29, 1.82) is 0 Å². The number of nitrogens with one attached hydrogen (secondary N) is 3. The number of methoxy groups -OCH3 is 1. The summed E-state index contributed by atoms with van der Waals surface area (Å²) in [5.41, 5.74) is -0.437. The van der Waals surface area contributed by atoms with Crippen LogP contribution in [0.4, 0.5) is 18.9 Å². The maximum absolute atomic E-state index is 13.4. The zero-order valence-electron chi connectivity index (χ0n) is 12.6. The summed E-state index contributed by atoms with van der Waals surface area (Å²) in [7, 11) is 3.05. The molecular weight excluding hydrogens is 428 g/mol. The molecule has 1 rings (SSSR count). The third-order valence-corrected chi connectivity index (χ3v) is 2.55. The lowest BCUT2D eigenvalue weighted by molar-refractivity contribution is -0.115. The van der Waals surface area contributed by atoms with Gasteiger partial charge < -0.3 is 20.7 Å². The number of amides is 1. The fourth-order valence-corrected chi connectivity index (χ4v) is 1.47. The van der Waals surface area contributed by atoms with Crippen LogP contribution < -0.4 is 16.0 Å². The van der Waals surface area contributed by atoms with E-state index >= 15 is 0 Å². The van der Waals surface area contributed by atoms with Crippen molar-refractivity contribution < 1.29 is 22.7 Å². The average Bonchev–Trinajstić information content (AvgIpc) is 2.51. The molecule has 130 valence electrons. The highest BCUT2D eigenvalue weighted by atomic mass is 127. The molecule has 10 heteroatoms. The monoisotopic (exact) mass is 446 g/mol. The first-order valence-electron chi connectivity index (χ1n) is 6.36. The Kier molecular flexibility index (Phi) is 10.3. The molecule has 23 heavy (non-hydrogen) atoms. The molecule has 0 aliphatic heterocycles. The highest BCUT2D eigenvalue weighted by Gasteiger charge is 2.15. The van der Waals surface area contributed by atoms with Gasteiger partial charge in [-0.25, -0.2) is 13.2 Å². The molecule has 0 bridgehead atoms. The van der Waals surface area contributed by atoms with Crippen LogP contribution in [-0.4, -0.2) is 45.7 Å². The van der Waals surface area contributed by atoms with Gasteiger partial charge in [0, 0.05) is 20.7 Å². The van der Waals surface area contributed by atoms with E-state index in [-0.39, 0.29) is 30.5 Å². The van der Waals surface area contributed by atoms with Crippen LogP contribution in [0.1, 0.15) is 0 Å². The largest absolute Gasteiger partial charge is 0.383 e. The molecule has 0 saturated carbocycles. The second kappa shape index (κ2) is 11.0. The predicted molar refractivity (Wildman–Crippen MR) is 91.6 cm³/mol. The molecule has 1 aromatic rings. The minimum absolute atomic E-state index is 0. The van der Waals surface area contributed by atoms with Gasteiger partial charge in [0.2, 0.25) is 5.91 Å². The molecule has 1 aromatic carbocycles. The molecular formula is C13H18F3IN4O2. The van der Waals surface area contributed by atoms with Crippen molar-refractivity contribution in [1.82, 2.24) is 10.6 Å². The number of hydrogen-bond acceptors (Lipinski definition) is 3. The Hall–Kier alpha value is -1.56. The minimum atomic E-state index is -1.64. The van der Waals surface area contributed by atoms with Gasteiger partial charge in [-0.15, -0.1) is 24.0 Å². The van der Waals surface area contributed by atoms with Gasteiger partial charge in [-0.2, -0.15) is 0 Å². The van der Waals surface area contributed by atoms with Crippen LogP contribution in [-0.2, 0) is 9.53 Å². The number of halogens is 4. The van der Waals surface area contributed by atoms with E-state index in [1.54, 1.807) is 7.11 Å². The molecule has 0 aliphatic carbocycles. The summed E-state index contributed by atoms with van der Waals surface area (Å²) in [6, 6.07) is 1.67. The molecule has 0 aromatic heterocycles. The first kappa shape index (κ1) is 21.4. The van der Waals surface area contributed by atoms with Crippen molar-refractivity contribution in [3.63, 3.8) is 0 Å². The molecule has 0 fully saturated rings. The Labute approximate surface area is 148 Å². The number of aliphatic imine (C=N–C) groups is 1. The Bertz CT molecular complexity index is 558. The van der Waals surface area contributed by atoms with Gasteiger partial charge in [-0.3, -0.25) is 9.79 Å². The standard InChI is InChI=1S/C13H17F3N4O2.HI/c1-17-13(18-5-6-22-2)19-7-10(21)20-9-4-3-8(14)11(15)12(9)16;/h3-4H,5-7H2,1-2H3,(H,20,21)(H2,17,18,19);1H. The lowest BCUT2D eigenvalue weighted by atomic mass is 10.2. The van der Waals surface area contributed by atoms with Gasteiger partial charge in [0.15, 0.2) is 23.4 Å². The quantitative estimate of drug-likeness (QED) is 0.204. The lowest BCUT2D eigenvalue weighted by Crippen LogP contribution is -2.42. The van der Waals surface area contributed by atoms with Gasteiger partial charge in [-0.1, -0.05) is 0 Å². The lowest BCUT2D eigenvalue weighted by Gasteiger charge is -2.12. The van der Waals surface area contributed by atoms with Gasteiger partial charge in [-0.05, 0) is 12.1 Å². The number of carbonyl (C=O) groups is 1. The zero-order valence-corrected chi connectivity index (χ0v) is 14.9. The third-order valence-electron chi connectivity index (χ3n) is 2.55. The number of carbonyl (C=O) groups excluding carboxylic acids is 1. The first-order valence-corrected chi connectivity index (χ1v) is 6.36. The number of ether oxygens (including phenoxy) is 1. The molecule has 0 heterocycles. The van der Waals surface area contributed by atoms with Gasteiger partial charge in [0.25, 0.3) is 0 Å². The van der Waals surface area contributed by atoms with Gasteiger partial charge in [0.05, 0.1) is 18.8 Å². The number of anilines is 1. The SMILES string of the molecule is CN=C(NCCOC)NCC(=O)Nc1ccc(F)c(F)c1F.I. The Balaban J connectivity index is 0.00000484. The Morgan fingerprint density at radius 2 is 1.91 bits per heavy atom. The molecule has 0 aliphatic rings. The minimum Gasteiger partial charge on any atom is -0.383 e. The normalized spacial score (nSPS) is 10.7. The van der Waals surface area contributed by atoms with E-state index in [2.05, 4.69) is 20.9 Å². The summed E-state index contributed by atoms with van der Waals surface area (Å²) in [6.45, 7) is 0.702. The number of benzene rings is 1. The predicted octanol–water partition coefficient (Wildman–Crippen LogP) is 1.47. The van der Waals surface area contributed by atoms with Crippen LogP contribution in [0.3, 0.4) is 0 Å². The fraction of sp³-hybridized carbons (Fsp3) is 0.385. The van der Waals surface area contributed by atoms with Crippen molar-refractivity contribution in [2.45, 2.75) is 0 Å². The highest BCUT2D eigenvalue weighted by Crippen LogP contribution is 2.19. The Morgan fingerprint density at radius 3 is 2.52 bits per heavy atom. The molecule has 0 unspecified atom stereocenters. The van der Waals surface area contributed by atoms with E-state index in [0.29, 0.717) is 19.1 Å². The summed E-state index contributed by atoms with van der Waals surface area (Å²) < 4.78 is 44.0. The average molecular weight is 446 g/mol. The second-order valence-electron chi connectivity index (χ2n) is 4.12. The van der Waals surface area contributed by atoms with Crippen molar-refractivity contribution in [3.05, 3.63) is 29.6 Å². The zero-order chi connectivity index (χ0) is 16.5.